The molecule has 0 bridgehead atoms. The van der Waals surface area contributed by atoms with Crippen LogP contribution in [0.15, 0.2) is 54.6 Å². The quantitative estimate of drug-likeness (QED) is 0.253. The molecule has 1 aliphatic carbocycles. The van der Waals surface area contributed by atoms with Crippen LogP contribution in [-0.4, -0.2) is 6.36 Å². The van der Waals surface area contributed by atoms with Crippen molar-refractivity contribution in [3.63, 3.8) is 0 Å². The molecule has 1 aliphatic rings. The second kappa shape index (κ2) is 10.1. The molecule has 0 N–H and O–H groups in total. The van der Waals surface area contributed by atoms with Crippen LogP contribution in [0.4, 0.5) is 17.6 Å². The highest BCUT2D eigenvalue weighted by Gasteiger charge is 2.31. The van der Waals surface area contributed by atoms with E-state index in [1.807, 2.05) is 12.1 Å². The lowest BCUT2D eigenvalue weighted by atomic mass is 9.77. The highest BCUT2D eigenvalue weighted by atomic mass is 19.4. The summed E-state index contributed by atoms with van der Waals surface area (Å²) >= 11 is 0. The van der Waals surface area contributed by atoms with E-state index in [4.69, 9.17) is 0 Å². The molecule has 5 heteroatoms. The summed E-state index contributed by atoms with van der Waals surface area (Å²) < 4.78 is 56.4. The summed E-state index contributed by atoms with van der Waals surface area (Å²) in [6.45, 7) is 2.23. The van der Waals surface area contributed by atoms with Crippen LogP contribution in [0.1, 0.15) is 69.8 Å². The molecule has 0 saturated heterocycles. The average molecular weight is 459 g/mol. The molecule has 0 aromatic heterocycles. The Balaban J connectivity index is 1.46. The van der Waals surface area contributed by atoms with E-state index in [1.54, 1.807) is 30.3 Å². The third-order valence-corrected chi connectivity index (χ3v) is 6.88. The van der Waals surface area contributed by atoms with Gasteiger partial charge in [-0.05, 0) is 83.7 Å². The SMILES string of the molecule is CCCCCC1CCC(c2ccc(-c3ccc4cc(OC(F)(F)F)ccc4c3)c(F)c2)CC1. The second-order valence-electron chi connectivity index (χ2n) is 9.22. The van der Waals surface area contributed by atoms with Crippen molar-refractivity contribution >= 4 is 10.8 Å². The van der Waals surface area contributed by atoms with Gasteiger partial charge in [-0.2, -0.15) is 0 Å². The van der Waals surface area contributed by atoms with Crippen LogP contribution in [-0.2, 0) is 0 Å². The van der Waals surface area contributed by atoms with Gasteiger partial charge in [0.25, 0.3) is 0 Å². The molecule has 0 radical (unpaired) electrons. The molecule has 0 amide bonds. The predicted octanol–water partition coefficient (Wildman–Crippen LogP) is 9.40. The fourth-order valence-corrected chi connectivity index (χ4v) is 5.08. The zero-order valence-corrected chi connectivity index (χ0v) is 18.9. The fourth-order valence-electron chi connectivity index (χ4n) is 5.08. The first-order valence-corrected chi connectivity index (χ1v) is 11.9. The molecule has 1 nitrogen and oxygen atoms in total. The van der Waals surface area contributed by atoms with Gasteiger partial charge in [-0.25, -0.2) is 4.39 Å². The van der Waals surface area contributed by atoms with Crippen molar-refractivity contribution in [2.75, 3.05) is 0 Å². The molecule has 33 heavy (non-hydrogen) atoms. The fraction of sp³-hybridized carbons (Fsp3) is 0.429. The maximum atomic E-state index is 15.1. The molecule has 3 aromatic rings. The highest BCUT2D eigenvalue weighted by Crippen LogP contribution is 2.39. The summed E-state index contributed by atoms with van der Waals surface area (Å²) in [7, 11) is 0. The molecule has 0 spiro atoms. The van der Waals surface area contributed by atoms with E-state index in [0.29, 0.717) is 22.4 Å². The first-order chi connectivity index (χ1) is 15.8. The van der Waals surface area contributed by atoms with Crippen LogP contribution >= 0.6 is 0 Å². The Kier molecular flexibility index (Phi) is 7.26. The smallest absolute Gasteiger partial charge is 0.406 e. The number of alkyl halides is 3. The summed E-state index contributed by atoms with van der Waals surface area (Å²) in [5, 5.41) is 1.33. The van der Waals surface area contributed by atoms with E-state index < -0.39 is 6.36 Å². The molecule has 0 atom stereocenters. The zero-order chi connectivity index (χ0) is 23.4. The van der Waals surface area contributed by atoms with Crippen LogP contribution < -0.4 is 4.74 Å². The number of fused-ring (bicyclic) bond motifs is 1. The normalized spacial score (nSPS) is 19.1. The third kappa shape index (κ3) is 6.07. The maximum absolute atomic E-state index is 15.1. The molecule has 4 rings (SSSR count). The van der Waals surface area contributed by atoms with E-state index in [1.165, 1.54) is 50.7 Å². The lowest BCUT2D eigenvalue weighted by Gasteiger charge is -2.29. The maximum Gasteiger partial charge on any atom is 0.573 e. The summed E-state index contributed by atoms with van der Waals surface area (Å²) in [4.78, 5) is 0. The number of benzene rings is 3. The van der Waals surface area contributed by atoms with Gasteiger partial charge in [0.05, 0.1) is 0 Å². The molecule has 1 saturated carbocycles. The van der Waals surface area contributed by atoms with Crippen molar-refractivity contribution in [2.24, 2.45) is 5.92 Å². The minimum absolute atomic E-state index is 0.256. The van der Waals surface area contributed by atoms with Crippen molar-refractivity contribution < 1.29 is 22.3 Å². The Labute approximate surface area is 192 Å². The zero-order valence-electron chi connectivity index (χ0n) is 18.9. The number of hydrogen-bond acceptors (Lipinski definition) is 1. The monoisotopic (exact) mass is 458 g/mol. The molecular formula is C28H30F4O. The Morgan fingerprint density at radius 2 is 1.58 bits per heavy atom. The summed E-state index contributed by atoms with van der Waals surface area (Å²) in [6.07, 6.45) is 5.16. The number of rotatable bonds is 7. The van der Waals surface area contributed by atoms with E-state index in [-0.39, 0.29) is 11.6 Å². The molecule has 3 aromatic carbocycles. The van der Waals surface area contributed by atoms with Crippen LogP contribution in [0.3, 0.4) is 0 Å². The lowest BCUT2D eigenvalue weighted by molar-refractivity contribution is -0.274. The largest absolute Gasteiger partial charge is 0.573 e. The second-order valence-corrected chi connectivity index (χ2v) is 9.22. The molecule has 0 heterocycles. The summed E-state index contributed by atoms with van der Waals surface area (Å²) in [5.41, 5.74) is 2.28. The standard InChI is InChI=1S/C28H30F4O/c1-2-3-4-5-19-6-8-20(9-7-19)23-13-15-26(27(29)18-23)24-11-10-22-17-25(33-28(30,31)32)14-12-21(22)16-24/h10-20H,2-9H2,1H3. The van der Waals surface area contributed by atoms with E-state index in [9.17, 15) is 13.2 Å². The Hall–Kier alpha value is -2.56. The van der Waals surface area contributed by atoms with Gasteiger partial charge < -0.3 is 4.74 Å². The average Bonchev–Trinajstić information content (AvgIpc) is 2.78. The first kappa shape index (κ1) is 23.6. The summed E-state index contributed by atoms with van der Waals surface area (Å²) in [5.74, 6) is 0.712. The van der Waals surface area contributed by atoms with Crippen molar-refractivity contribution in [1.29, 1.82) is 0 Å². The van der Waals surface area contributed by atoms with E-state index in [0.717, 1.165) is 29.7 Å². The van der Waals surface area contributed by atoms with E-state index in [2.05, 4.69) is 11.7 Å². The number of halogens is 4. The minimum atomic E-state index is -4.73. The first-order valence-electron chi connectivity index (χ1n) is 11.9. The number of unbranched alkanes of at least 4 members (excludes halogenated alkanes) is 2. The van der Waals surface area contributed by atoms with Gasteiger partial charge in [0.1, 0.15) is 11.6 Å². The number of ether oxygens (including phenoxy) is 1. The van der Waals surface area contributed by atoms with Crippen LogP contribution in [0.5, 0.6) is 5.75 Å². The van der Waals surface area contributed by atoms with Gasteiger partial charge in [0, 0.05) is 5.56 Å². The lowest BCUT2D eigenvalue weighted by Crippen LogP contribution is -2.16. The van der Waals surface area contributed by atoms with Gasteiger partial charge >= 0.3 is 6.36 Å². The summed E-state index contributed by atoms with van der Waals surface area (Å²) in [6, 6.07) is 14.9. The van der Waals surface area contributed by atoms with Gasteiger partial charge in [0.15, 0.2) is 0 Å². The van der Waals surface area contributed by atoms with Crippen molar-refractivity contribution in [2.45, 2.75) is 70.6 Å². The van der Waals surface area contributed by atoms with Crippen LogP contribution in [0.25, 0.3) is 21.9 Å². The van der Waals surface area contributed by atoms with Gasteiger partial charge in [-0.1, -0.05) is 62.9 Å². The third-order valence-electron chi connectivity index (χ3n) is 6.88. The van der Waals surface area contributed by atoms with Crippen LogP contribution in [0, 0.1) is 11.7 Å². The highest BCUT2D eigenvalue weighted by molar-refractivity contribution is 5.88. The molecule has 176 valence electrons. The van der Waals surface area contributed by atoms with Crippen molar-refractivity contribution in [3.05, 3.63) is 66.0 Å². The van der Waals surface area contributed by atoms with Gasteiger partial charge in [-0.15, -0.1) is 13.2 Å². The molecule has 0 aliphatic heterocycles. The van der Waals surface area contributed by atoms with Gasteiger partial charge in [-0.3, -0.25) is 0 Å². The molecule has 0 unspecified atom stereocenters. The van der Waals surface area contributed by atoms with Gasteiger partial charge in [0.2, 0.25) is 0 Å². The van der Waals surface area contributed by atoms with Crippen molar-refractivity contribution in [1.82, 2.24) is 0 Å². The Bertz CT molecular complexity index is 1080. The Morgan fingerprint density at radius 1 is 0.848 bits per heavy atom. The van der Waals surface area contributed by atoms with Crippen LogP contribution in [0.2, 0.25) is 0 Å². The molecular weight excluding hydrogens is 428 g/mol. The topological polar surface area (TPSA) is 9.23 Å². The molecule has 1 fully saturated rings. The van der Waals surface area contributed by atoms with E-state index >= 15 is 4.39 Å². The number of hydrogen-bond donors (Lipinski definition) is 0. The predicted molar refractivity (Wildman–Crippen MR) is 125 cm³/mol. The van der Waals surface area contributed by atoms with Crippen molar-refractivity contribution in [3.8, 4) is 16.9 Å². The minimum Gasteiger partial charge on any atom is -0.406 e. The Morgan fingerprint density at radius 3 is 2.27 bits per heavy atom.